The summed E-state index contributed by atoms with van der Waals surface area (Å²) in [6.07, 6.45) is 1.53. The van der Waals surface area contributed by atoms with Crippen molar-refractivity contribution in [1.29, 1.82) is 0 Å². The number of carbonyl (C=O) groups is 3. The van der Waals surface area contributed by atoms with Crippen molar-refractivity contribution in [3.8, 4) is 5.75 Å². The van der Waals surface area contributed by atoms with Gasteiger partial charge in [-0.25, -0.2) is 0 Å². The highest BCUT2D eigenvalue weighted by Crippen LogP contribution is 2.34. The molecule has 0 aliphatic carbocycles. The molecule has 1 fully saturated rings. The lowest BCUT2D eigenvalue weighted by Gasteiger charge is -2.10. The second-order valence-corrected chi connectivity index (χ2v) is 5.89. The molecule has 8 heteroatoms. The zero-order chi connectivity index (χ0) is 17.0. The van der Waals surface area contributed by atoms with Gasteiger partial charge < -0.3 is 9.47 Å². The van der Waals surface area contributed by atoms with E-state index in [4.69, 9.17) is 16.3 Å². The molecule has 0 saturated carbocycles. The molecule has 2 rings (SSSR count). The Kier molecular flexibility index (Phi) is 5.68. The molecule has 0 spiro atoms. The van der Waals surface area contributed by atoms with E-state index in [-0.39, 0.29) is 4.91 Å². The first-order valence-corrected chi connectivity index (χ1v) is 7.90. The van der Waals surface area contributed by atoms with Crippen LogP contribution in [-0.2, 0) is 14.3 Å². The first-order valence-electron chi connectivity index (χ1n) is 6.70. The summed E-state index contributed by atoms with van der Waals surface area (Å²) in [5, 5.41) is -0.0415. The molecule has 1 heterocycles. The fraction of sp³-hybridized carbons (Fsp3) is 0.267. The highest BCUT2D eigenvalue weighted by atomic mass is 35.5. The number of halogens is 1. The van der Waals surface area contributed by atoms with Gasteiger partial charge in [-0.05, 0) is 43.0 Å². The largest absolute Gasteiger partial charge is 0.493 e. The molecular formula is C15H14ClNO5S. The summed E-state index contributed by atoms with van der Waals surface area (Å²) in [4.78, 5) is 36.4. The number of thioether (sulfide) groups is 1. The Hall–Kier alpha value is -1.99. The SMILES string of the molecule is CCOc1ccc(Cl)cc1/C=C1/SC(=O)N(CC(=O)OC)C1=O. The fourth-order valence-corrected chi connectivity index (χ4v) is 2.90. The molecule has 23 heavy (non-hydrogen) atoms. The summed E-state index contributed by atoms with van der Waals surface area (Å²) < 4.78 is 9.95. The smallest absolute Gasteiger partial charge is 0.325 e. The molecule has 0 bridgehead atoms. The van der Waals surface area contributed by atoms with Crippen molar-refractivity contribution in [2.75, 3.05) is 20.3 Å². The highest BCUT2D eigenvalue weighted by molar-refractivity contribution is 8.18. The quantitative estimate of drug-likeness (QED) is 0.597. The van der Waals surface area contributed by atoms with Gasteiger partial charge in [0.2, 0.25) is 0 Å². The Morgan fingerprint density at radius 1 is 1.39 bits per heavy atom. The van der Waals surface area contributed by atoms with E-state index < -0.39 is 23.7 Å². The number of amides is 2. The molecular weight excluding hydrogens is 342 g/mol. The van der Waals surface area contributed by atoms with Crippen molar-refractivity contribution in [2.24, 2.45) is 0 Å². The second kappa shape index (κ2) is 7.52. The molecule has 0 unspecified atom stereocenters. The zero-order valence-corrected chi connectivity index (χ0v) is 14.1. The van der Waals surface area contributed by atoms with Gasteiger partial charge >= 0.3 is 5.97 Å². The van der Waals surface area contributed by atoms with E-state index in [9.17, 15) is 14.4 Å². The first-order chi connectivity index (χ1) is 11.0. The van der Waals surface area contributed by atoms with E-state index in [1.807, 2.05) is 6.92 Å². The summed E-state index contributed by atoms with van der Waals surface area (Å²) in [5.74, 6) is -0.657. The molecule has 1 aromatic rings. The number of hydrogen-bond donors (Lipinski definition) is 0. The van der Waals surface area contributed by atoms with Crippen LogP contribution < -0.4 is 4.74 Å². The molecule has 6 nitrogen and oxygen atoms in total. The molecule has 0 radical (unpaired) electrons. The van der Waals surface area contributed by atoms with Gasteiger partial charge in [0.25, 0.3) is 11.1 Å². The van der Waals surface area contributed by atoms with E-state index in [0.717, 1.165) is 16.7 Å². The van der Waals surface area contributed by atoms with Crippen LogP contribution in [-0.4, -0.2) is 42.3 Å². The Balaban J connectivity index is 2.30. The molecule has 1 aromatic carbocycles. The predicted molar refractivity (Wildman–Crippen MR) is 87.3 cm³/mol. The average molecular weight is 356 g/mol. The van der Waals surface area contributed by atoms with Gasteiger partial charge in [-0.2, -0.15) is 0 Å². The normalized spacial score (nSPS) is 16.1. The average Bonchev–Trinajstić information content (AvgIpc) is 2.77. The number of imide groups is 1. The lowest BCUT2D eigenvalue weighted by atomic mass is 10.2. The van der Waals surface area contributed by atoms with Gasteiger partial charge in [0, 0.05) is 10.6 Å². The van der Waals surface area contributed by atoms with Crippen LogP contribution in [0, 0.1) is 0 Å². The van der Waals surface area contributed by atoms with Crippen molar-refractivity contribution in [3.63, 3.8) is 0 Å². The fourth-order valence-electron chi connectivity index (χ4n) is 1.89. The number of carbonyl (C=O) groups excluding carboxylic acids is 3. The van der Waals surface area contributed by atoms with Crippen LogP contribution in [0.3, 0.4) is 0 Å². The summed E-state index contributed by atoms with van der Waals surface area (Å²) in [6, 6.07) is 5.00. The van der Waals surface area contributed by atoms with Crippen LogP contribution in [0.4, 0.5) is 4.79 Å². The number of ether oxygens (including phenoxy) is 2. The monoisotopic (exact) mass is 355 g/mol. The lowest BCUT2D eigenvalue weighted by Crippen LogP contribution is -2.34. The minimum Gasteiger partial charge on any atom is -0.493 e. The summed E-state index contributed by atoms with van der Waals surface area (Å²) in [6.45, 7) is 1.88. The number of nitrogens with zero attached hydrogens (tertiary/aromatic N) is 1. The van der Waals surface area contributed by atoms with E-state index >= 15 is 0 Å². The van der Waals surface area contributed by atoms with Crippen molar-refractivity contribution in [1.82, 2.24) is 4.90 Å². The lowest BCUT2D eigenvalue weighted by molar-refractivity contribution is -0.143. The molecule has 122 valence electrons. The van der Waals surface area contributed by atoms with E-state index in [0.29, 0.717) is 22.9 Å². The molecule has 1 aliphatic rings. The summed E-state index contributed by atoms with van der Waals surface area (Å²) >= 11 is 6.72. The Bertz CT molecular complexity index is 688. The number of benzene rings is 1. The number of hydrogen-bond acceptors (Lipinski definition) is 6. The van der Waals surface area contributed by atoms with Crippen molar-refractivity contribution in [3.05, 3.63) is 33.7 Å². The molecule has 0 atom stereocenters. The first kappa shape index (κ1) is 17.4. The third kappa shape index (κ3) is 4.05. The van der Waals surface area contributed by atoms with E-state index in [2.05, 4.69) is 4.74 Å². The van der Waals surface area contributed by atoms with Gasteiger partial charge in [0.1, 0.15) is 12.3 Å². The van der Waals surface area contributed by atoms with Gasteiger partial charge in [0.15, 0.2) is 0 Å². The van der Waals surface area contributed by atoms with Crippen molar-refractivity contribution in [2.45, 2.75) is 6.92 Å². The predicted octanol–water partition coefficient (Wildman–Crippen LogP) is 2.95. The Labute approximate surface area is 142 Å². The topological polar surface area (TPSA) is 72.9 Å². The third-order valence-corrected chi connectivity index (χ3v) is 4.09. The van der Waals surface area contributed by atoms with Gasteiger partial charge in [-0.15, -0.1) is 0 Å². The van der Waals surface area contributed by atoms with Crippen LogP contribution in [0.1, 0.15) is 12.5 Å². The van der Waals surface area contributed by atoms with E-state index in [1.165, 1.54) is 13.2 Å². The number of methoxy groups -OCH3 is 1. The van der Waals surface area contributed by atoms with Crippen molar-refractivity contribution >= 4 is 46.6 Å². The zero-order valence-electron chi connectivity index (χ0n) is 12.5. The highest BCUT2D eigenvalue weighted by Gasteiger charge is 2.36. The molecule has 0 aromatic heterocycles. The maximum Gasteiger partial charge on any atom is 0.325 e. The molecule has 2 amide bonds. The van der Waals surface area contributed by atoms with E-state index in [1.54, 1.807) is 18.2 Å². The van der Waals surface area contributed by atoms with Crippen LogP contribution in [0.25, 0.3) is 6.08 Å². The summed E-state index contributed by atoms with van der Waals surface area (Å²) in [5.41, 5.74) is 0.586. The van der Waals surface area contributed by atoms with Crippen LogP contribution >= 0.6 is 23.4 Å². The molecule has 1 aliphatic heterocycles. The second-order valence-electron chi connectivity index (χ2n) is 4.46. The Morgan fingerprint density at radius 2 is 2.13 bits per heavy atom. The van der Waals surface area contributed by atoms with Crippen LogP contribution in [0.2, 0.25) is 5.02 Å². The third-order valence-electron chi connectivity index (χ3n) is 2.95. The minimum atomic E-state index is -0.661. The number of rotatable bonds is 5. The van der Waals surface area contributed by atoms with Gasteiger partial charge in [0.05, 0.1) is 18.6 Å². The number of esters is 1. The van der Waals surface area contributed by atoms with Crippen LogP contribution in [0.15, 0.2) is 23.1 Å². The Morgan fingerprint density at radius 3 is 2.78 bits per heavy atom. The molecule has 0 N–H and O–H groups in total. The maximum absolute atomic E-state index is 12.3. The van der Waals surface area contributed by atoms with Crippen molar-refractivity contribution < 1.29 is 23.9 Å². The standard InChI is InChI=1S/C15H14ClNO5S/c1-3-22-11-5-4-10(16)6-9(11)7-12-14(19)17(15(20)23-12)8-13(18)21-2/h4-7H,3,8H2,1-2H3/b12-7+. The summed E-state index contributed by atoms with van der Waals surface area (Å²) in [7, 11) is 1.19. The van der Waals surface area contributed by atoms with Gasteiger partial charge in [-0.1, -0.05) is 11.6 Å². The van der Waals surface area contributed by atoms with Gasteiger partial charge in [-0.3, -0.25) is 19.3 Å². The molecule has 1 saturated heterocycles. The minimum absolute atomic E-state index is 0.196. The maximum atomic E-state index is 12.3. The van der Waals surface area contributed by atoms with Crippen LogP contribution in [0.5, 0.6) is 5.75 Å².